The molecule has 0 aliphatic rings. The molecule has 0 unspecified atom stereocenters. The van der Waals surface area contributed by atoms with Crippen molar-refractivity contribution in [2.24, 2.45) is 0 Å². The van der Waals surface area contributed by atoms with E-state index in [1.807, 2.05) is 0 Å². The van der Waals surface area contributed by atoms with Crippen LogP contribution in [0, 0.1) is 5.41 Å². The molecule has 2 N–H and O–H groups in total. The minimum absolute atomic E-state index is 0. The molecule has 0 rings (SSSR count). The summed E-state index contributed by atoms with van der Waals surface area (Å²) in [5.74, 6) is -0.194. The lowest BCUT2D eigenvalue weighted by molar-refractivity contribution is 0.251. The zero-order chi connectivity index (χ0) is 7.49. The van der Waals surface area contributed by atoms with Gasteiger partial charge in [0.05, 0.1) is 6.26 Å². The molecule has 0 atom stereocenters. The van der Waals surface area contributed by atoms with Crippen molar-refractivity contribution in [3.05, 3.63) is 0 Å². The minimum atomic E-state index is -3.33. The van der Waals surface area contributed by atoms with E-state index in [1.165, 1.54) is 6.92 Å². The maximum Gasteiger partial charge on any atom is 0.239 e. The molecular weight excluding hydrogens is 180 g/mol. The van der Waals surface area contributed by atoms with Gasteiger partial charge in [-0.2, -0.15) is 0 Å². The molecule has 0 aromatic rings. The maximum atomic E-state index is 10.2. The van der Waals surface area contributed by atoms with Gasteiger partial charge in [0.1, 0.15) is 0 Å². The van der Waals surface area contributed by atoms with Gasteiger partial charge in [0.25, 0.3) is 0 Å². The molecule has 0 fully saturated rings. The molecule has 0 saturated heterocycles. The molecule has 0 amide bonds. The van der Waals surface area contributed by atoms with Crippen molar-refractivity contribution >= 4 is 28.3 Å². The van der Waals surface area contributed by atoms with Gasteiger partial charge in [-0.3, -0.25) is 5.41 Å². The van der Waals surface area contributed by atoms with Crippen LogP contribution in [0.15, 0.2) is 0 Å². The Morgan fingerprint density at radius 3 is 2.10 bits per heavy atom. The zero-order valence-corrected chi connectivity index (χ0v) is 7.17. The highest BCUT2D eigenvalue weighted by Crippen LogP contribution is 1.75. The van der Waals surface area contributed by atoms with E-state index in [1.54, 1.807) is 4.89 Å². The Morgan fingerprint density at radius 1 is 1.60 bits per heavy atom. The molecule has 0 heterocycles. The molecule has 0 bridgehead atoms. The number of rotatable bonds is 2. The Bertz CT molecular complexity index is 200. The van der Waals surface area contributed by atoms with Crippen molar-refractivity contribution in [2.45, 2.75) is 6.92 Å². The van der Waals surface area contributed by atoms with Crippen LogP contribution in [0.1, 0.15) is 6.92 Å². The summed E-state index contributed by atoms with van der Waals surface area (Å²) in [6.45, 7) is 1.32. The van der Waals surface area contributed by atoms with E-state index in [-0.39, 0.29) is 18.3 Å². The Balaban J connectivity index is 0. The van der Waals surface area contributed by atoms with Crippen molar-refractivity contribution in [1.82, 2.24) is 4.89 Å². The lowest BCUT2D eigenvalue weighted by Gasteiger charge is -1.99. The zero-order valence-electron chi connectivity index (χ0n) is 5.54. The second-order valence-electron chi connectivity index (χ2n) is 1.51. The van der Waals surface area contributed by atoms with Crippen LogP contribution in [0.25, 0.3) is 0 Å². The lowest BCUT2D eigenvalue weighted by atomic mass is 10.8. The molecule has 0 aromatic heterocycles. The van der Waals surface area contributed by atoms with Crippen LogP contribution in [-0.4, -0.2) is 20.6 Å². The van der Waals surface area contributed by atoms with Crippen molar-refractivity contribution in [2.75, 3.05) is 6.26 Å². The number of halogens is 1. The van der Waals surface area contributed by atoms with Crippen LogP contribution >= 0.6 is 12.4 Å². The monoisotopic (exact) mass is 188 g/mol. The van der Waals surface area contributed by atoms with E-state index in [9.17, 15) is 8.42 Å². The summed E-state index contributed by atoms with van der Waals surface area (Å²) < 4.78 is 20.4. The third kappa shape index (κ3) is 10.6. The fourth-order valence-corrected chi connectivity index (χ4v) is 0.415. The number of sulfonamides is 1. The van der Waals surface area contributed by atoms with E-state index in [0.29, 0.717) is 0 Å². The topological polar surface area (TPSA) is 79.2 Å². The Morgan fingerprint density at radius 2 is 2.00 bits per heavy atom. The van der Waals surface area contributed by atoms with Gasteiger partial charge in [-0.1, -0.05) is 0 Å². The highest BCUT2D eigenvalue weighted by atomic mass is 35.5. The van der Waals surface area contributed by atoms with Gasteiger partial charge in [0.15, 0.2) is 0 Å². The summed E-state index contributed by atoms with van der Waals surface area (Å²) in [6.07, 6.45) is 0.940. The molecule has 5 nitrogen and oxygen atoms in total. The predicted molar refractivity (Wildman–Crippen MR) is 39.7 cm³/mol. The van der Waals surface area contributed by atoms with E-state index < -0.39 is 10.0 Å². The molecule has 0 radical (unpaired) electrons. The summed E-state index contributed by atoms with van der Waals surface area (Å²) in [7, 11) is -3.33. The molecule has 0 aliphatic heterocycles. The fourth-order valence-electron chi connectivity index (χ4n) is 0.138. The van der Waals surface area contributed by atoms with Gasteiger partial charge in [0, 0.05) is 6.92 Å². The fraction of sp³-hybridized carbons (Fsp3) is 0.667. The van der Waals surface area contributed by atoms with E-state index in [2.05, 4.69) is 4.84 Å². The Hall–Kier alpha value is -0.330. The predicted octanol–water partition coefficient (Wildman–Crippen LogP) is -0.114. The molecule has 62 valence electrons. The third-order valence-electron chi connectivity index (χ3n) is 0.346. The average Bonchev–Trinajstić information content (AvgIpc) is 1.59. The summed E-state index contributed by atoms with van der Waals surface area (Å²) in [5.41, 5.74) is 0. The normalized spacial score (nSPS) is 9.80. The van der Waals surface area contributed by atoms with E-state index >= 15 is 0 Å². The first-order valence-corrected chi connectivity index (χ1v) is 4.00. The summed E-state index contributed by atoms with van der Waals surface area (Å²) in [5, 5.41) is 6.63. The number of hydrogen-bond donors (Lipinski definition) is 2. The minimum Gasteiger partial charge on any atom is -0.379 e. The largest absolute Gasteiger partial charge is 0.379 e. The maximum absolute atomic E-state index is 10.2. The average molecular weight is 189 g/mol. The molecular formula is C3H9ClN2O3S. The number of hydrogen-bond acceptors (Lipinski definition) is 4. The summed E-state index contributed by atoms with van der Waals surface area (Å²) >= 11 is 0. The summed E-state index contributed by atoms with van der Waals surface area (Å²) in [4.78, 5) is 5.82. The van der Waals surface area contributed by atoms with Crippen LogP contribution in [0.2, 0.25) is 0 Å². The standard InChI is InChI=1S/C3H8N2O3S.ClH/c1-3(4)8-5-9(2,6)7;/h4-5H,1-2H3;1H. The summed E-state index contributed by atoms with van der Waals surface area (Å²) in [6, 6.07) is 0. The highest BCUT2D eigenvalue weighted by Gasteiger charge is 1.98. The lowest BCUT2D eigenvalue weighted by Crippen LogP contribution is -2.24. The quantitative estimate of drug-likeness (QED) is 0.361. The molecule has 0 aliphatic carbocycles. The van der Waals surface area contributed by atoms with Crippen LogP contribution in [-0.2, 0) is 14.9 Å². The second kappa shape index (κ2) is 4.48. The molecule has 0 spiro atoms. The van der Waals surface area contributed by atoms with Gasteiger partial charge >= 0.3 is 0 Å². The van der Waals surface area contributed by atoms with E-state index in [4.69, 9.17) is 5.41 Å². The van der Waals surface area contributed by atoms with Gasteiger partial charge in [0.2, 0.25) is 15.9 Å². The Kier molecular flexibility index (Phi) is 5.54. The first-order chi connectivity index (χ1) is 3.92. The highest BCUT2D eigenvalue weighted by molar-refractivity contribution is 7.88. The SMILES string of the molecule is CC(=N)ONS(C)(=O)=O.Cl. The van der Waals surface area contributed by atoms with Crippen molar-refractivity contribution < 1.29 is 13.3 Å². The molecule has 7 heteroatoms. The Labute approximate surface area is 65.7 Å². The third-order valence-corrected chi connectivity index (χ3v) is 0.732. The molecule has 0 saturated carbocycles. The van der Waals surface area contributed by atoms with Gasteiger partial charge < -0.3 is 4.84 Å². The van der Waals surface area contributed by atoms with Gasteiger partial charge in [-0.25, -0.2) is 8.42 Å². The second-order valence-corrected chi connectivity index (χ2v) is 3.22. The van der Waals surface area contributed by atoms with Gasteiger partial charge in [-0.15, -0.1) is 12.4 Å². The van der Waals surface area contributed by atoms with Crippen molar-refractivity contribution in [3.63, 3.8) is 0 Å². The van der Waals surface area contributed by atoms with Crippen LogP contribution < -0.4 is 4.89 Å². The molecule has 0 aromatic carbocycles. The first kappa shape index (κ1) is 12.4. The van der Waals surface area contributed by atoms with Crippen molar-refractivity contribution in [1.29, 1.82) is 5.41 Å². The van der Waals surface area contributed by atoms with Crippen LogP contribution in [0.5, 0.6) is 0 Å². The molecule has 10 heavy (non-hydrogen) atoms. The van der Waals surface area contributed by atoms with Gasteiger partial charge in [-0.05, 0) is 4.89 Å². The number of nitrogens with one attached hydrogen (secondary N) is 2. The van der Waals surface area contributed by atoms with Crippen LogP contribution in [0.3, 0.4) is 0 Å². The van der Waals surface area contributed by atoms with E-state index in [0.717, 1.165) is 6.26 Å². The first-order valence-electron chi connectivity index (χ1n) is 2.10. The van der Waals surface area contributed by atoms with Crippen LogP contribution in [0.4, 0.5) is 0 Å². The smallest absolute Gasteiger partial charge is 0.239 e. The van der Waals surface area contributed by atoms with Crippen molar-refractivity contribution in [3.8, 4) is 0 Å².